The Kier molecular flexibility index (Phi) is 3.87. The average Bonchev–Trinajstić information content (AvgIpc) is 2.60. The summed E-state index contributed by atoms with van der Waals surface area (Å²) in [5.41, 5.74) is 0.962. The number of para-hydroxylation sites is 1. The summed E-state index contributed by atoms with van der Waals surface area (Å²) in [6.45, 7) is 0.725. The molecule has 0 spiro atoms. The number of aliphatic carboxylic acids is 2. The van der Waals surface area contributed by atoms with Gasteiger partial charge in [0.1, 0.15) is 13.1 Å². The summed E-state index contributed by atoms with van der Waals surface area (Å²) in [6, 6.07) is 8.44. The summed E-state index contributed by atoms with van der Waals surface area (Å²) in [5, 5.41) is 18.6. The molecule has 1 aliphatic heterocycles. The van der Waals surface area contributed by atoms with Crippen molar-refractivity contribution in [3.63, 3.8) is 0 Å². The number of hydrogen-bond donors (Lipinski definition) is 2. The third-order valence-corrected chi connectivity index (χ3v) is 4.20. The van der Waals surface area contributed by atoms with Crippen LogP contribution in [0.2, 0.25) is 0 Å². The van der Waals surface area contributed by atoms with Gasteiger partial charge < -0.3 is 10.2 Å². The maximum absolute atomic E-state index is 12.7. The third kappa shape index (κ3) is 2.20. The van der Waals surface area contributed by atoms with E-state index in [1.165, 1.54) is 6.08 Å². The summed E-state index contributed by atoms with van der Waals surface area (Å²) >= 11 is 0. The number of rotatable bonds is 5. The monoisotopic (exact) mass is 306 g/mol. The zero-order valence-corrected chi connectivity index (χ0v) is 12.4. The molecule has 1 aromatic rings. The number of nitrogens with zero attached hydrogens (tertiary/aromatic N) is 2. The van der Waals surface area contributed by atoms with Gasteiger partial charge in [-0.3, -0.25) is 0 Å². The Morgan fingerprint density at radius 1 is 1.05 bits per heavy atom. The molecule has 0 bridgehead atoms. The van der Waals surface area contributed by atoms with Crippen LogP contribution in [0.25, 0.3) is 0 Å². The molecule has 116 valence electrons. The van der Waals surface area contributed by atoms with Gasteiger partial charge in [-0.1, -0.05) is 22.8 Å². The highest BCUT2D eigenvalue weighted by molar-refractivity contribution is 6.00. The van der Waals surface area contributed by atoms with Crippen molar-refractivity contribution in [1.29, 1.82) is 0 Å². The lowest BCUT2D eigenvalue weighted by molar-refractivity contribution is -0.952. The molecule has 0 saturated carbocycles. The van der Waals surface area contributed by atoms with Gasteiger partial charge in [0, 0.05) is 19.1 Å². The standard InChI is InChI=1S/C15H16N2O5/c1-11-8-13(18)17(10-15(21)22,12-6-4-3-5-7-12)16(11,2)9-14(19)20/h3-8H,9-10H2,1-2H3/p+2. The molecule has 1 aromatic carbocycles. The molecule has 0 radical (unpaired) electrons. The van der Waals surface area contributed by atoms with E-state index in [1.54, 1.807) is 44.3 Å². The van der Waals surface area contributed by atoms with Crippen molar-refractivity contribution in [2.24, 2.45) is 0 Å². The molecule has 2 N–H and O–H groups in total. The van der Waals surface area contributed by atoms with Gasteiger partial charge in [0.15, 0.2) is 11.4 Å². The van der Waals surface area contributed by atoms with Gasteiger partial charge in [0.2, 0.25) is 13.1 Å². The molecular weight excluding hydrogens is 288 g/mol. The molecule has 7 nitrogen and oxygen atoms in total. The van der Waals surface area contributed by atoms with Crippen molar-refractivity contribution in [3.05, 3.63) is 42.1 Å². The number of carbonyl (C=O) groups excluding carboxylic acids is 1. The van der Waals surface area contributed by atoms with Crippen molar-refractivity contribution in [2.75, 3.05) is 20.1 Å². The molecule has 2 rings (SSSR count). The molecule has 0 fully saturated rings. The minimum atomic E-state index is -1.17. The number of carboxylic acid groups (broad SMARTS) is 2. The van der Waals surface area contributed by atoms with E-state index in [-0.39, 0.29) is 4.59 Å². The molecule has 0 saturated heterocycles. The van der Waals surface area contributed by atoms with E-state index < -0.39 is 35.5 Å². The van der Waals surface area contributed by atoms with Crippen LogP contribution >= 0.6 is 0 Å². The summed E-state index contributed by atoms with van der Waals surface area (Å²) in [5.74, 6) is -2.71. The molecule has 2 atom stereocenters. The quantitative estimate of drug-likeness (QED) is 0.791. The first kappa shape index (κ1) is 15.9. The van der Waals surface area contributed by atoms with Crippen molar-refractivity contribution < 1.29 is 29.2 Å². The number of allylic oxidation sites excluding steroid dienone is 1. The van der Waals surface area contributed by atoms with Crippen LogP contribution in [0, 0.1) is 0 Å². The van der Waals surface area contributed by atoms with Gasteiger partial charge in [-0.25, -0.2) is 14.4 Å². The van der Waals surface area contributed by atoms with Gasteiger partial charge in [-0.15, -0.1) is 4.59 Å². The summed E-state index contributed by atoms with van der Waals surface area (Å²) in [6.07, 6.45) is 1.33. The second-order valence-electron chi connectivity index (χ2n) is 5.47. The molecule has 22 heavy (non-hydrogen) atoms. The molecular formula is C15H18N2O5+2. The molecule has 7 heteroatoms. The van der Waals surface area contributed by atoms with E-state index in [0.29, 0.717) is 11.4 Å². The Bertz CT molecular complexity index is 670. The Balaban J connectivity index is 2.72. The lowest BCUT2D eigenvalue weighted by atomic mass is 10.2. The van der Waals surface area contributed by atoms with Crippen LogP contribution in [0.1, 0.15) is 6.92 Å². The molecule has 0 aliphatic carbocycles. The summed E-state index contributed by atoms with van der Waals surface area (Å²) < 4.78 is -0.932. The highest BCUT2D eigenvalue weighted by Crippen LogP contribution is 2.39. The van der Waals surface area contributed by atoms with Crippen molar-refractivity contribution in [1.82, 2.24) is 4.59 Å². The number of carboxylic acids is 2. The fraction of sp³-hybridized carbons (Fsp3) is 0.267. The number of quaternary nitrogens is 2. The van der Waals surface area contributed by atoms with Crippen molar-refractivity contribution in [2.45, 2.75) is 6.92 Å². The molecule has 1 aliphatic rings. The van der Waals surface area contributed by atoms with Crippen LogP contribution < -0.4 is 4.59 Å². The third-order valence-electron chi connectivity index (χ3n) is 4.20. The van der Waals surface area contributed by atoms with E-state index in [1.807, 2.05) is 0 Å². The second kappa shape index (κ2) is 5.36. The van der Waals surface area contributed by atoms with Crippen LogP contribution in [0.5, 0.6) is 0 Å². The zero-order chi connectivity index (χ0) is 16.5. The van der Waals surface area contributed by atoms with Crippen LogP contribution in [0.4, 0.5) is 5.69 Å². The number of carbonyl (C=O) groups is 3. The first-order chi connectivity index (χ1) is 10.2. The fourth-order valence-electron chi connectivity index (χ4n) is 3.00. The molecule has 2 unspecified atom stereocenters. The van der Waals surface area contributed by atoms with Gasteiger partial charge in [0.05, 0.1) is 0 Å². The second-order valence-corrected chi connectivity index (χ2v) is 5.47. The predicted octanol–water partition coefficient (Wildman–Crippen LogP) is 0.969. The van der Waals surface area contributed by atoms with Crippen LogP contribution in [0.3, 0.4) is 0 Å². The normalized spacial score (nSPS) is 27.5. The average molecular weight is 306 g/mol. The Labute approximate surface area is 127 Å². The Morgan fingerprint density at radius 3 is 2.09 bits per heavy atom. The first-order valence-corrected chi connectivity index (χ1v) is 6.71. The predicted molar refractivity (Wildman–Crippen MR) is 78.2 cm³/mol. The number of benzene rings is 1. The molecule has 1 amide bonds. The van der Waals surface area contributed by atoms with Crippen LogP contribution in [-0.2, 0) is 14.4 Å². The van der Waals surface area contributed by atoms with Gasteiger partial charge in [-0.2, -0.15) is 0 Å². The van der Waals surface area contributed by atoms with Crippen molar-refractivity contribution in [3.8, 4) is 0 Å². The lowest BCUT2D eigenvalue weighted by Gasteiger charge is -2.42. The minimum absolute atomic E-state index is 0.329. The highest BCUT2D eigenvalue weighted by Gasteiger charge is 2.63. The van der Waals surface area contributed by atoms with Gasteiger partial charge in [0.25, 0.3) is 0 Å². The van der Waals surface area contributed by atoms with E-state index in [2.05, 4.69) is 0 Å². The molecule has 1 heterocycles. The first-order valence-electron chi connectivity index (χ1n) is 6.71. The van der Waals surface area contributed by atoms with E-state index in [0.717, 1.165) is 0 Å². The zero-order valence-electron chi connectivity index (χ0n) is 12.4. The fourth-order valence-corrected chi connectivity index (χ4v) is 3.00. The van der Waals surface area contributed by atoms with Gasteiger partial charge in [-0.05, 0) is 0 Å². The Hall–Kier alpha value is -2.51. The summed E-state index contributed by atoms with van der Waals surface area (Å²) in [7, 11) is 1.57. The lowest BCUT2D eigenvalue weighted by Crippen LogP contribution is -2.73. The molecule has 0 aromatic heterocycles. The van der Waals surface area contributed by atoms with Crippen LogP contribution in [-0.4, -0.2) is 52.8 Å². The van der Waals surface area contributed by atoms with Crippen LogP contribution in [0.15, 0.2) is 42.1 Å². The van der Waals surface area contributed by atoms with Crippen molar-refractivity contribution >= 4 is 23.5 Å². The topological polar surface area (TPSA) is 91.7 Å². The number of hydrogen-bond acceptors (Lipinski definition) is 3. The number of likely N-dealkylation sites (N-methyl/N-ethyl adjacent to an activating group) is 1. The highest BCUT2D eigenvalue weighted by atomic mass is 16.4. The smallest absolute Gasteiger partial charge is 0.397 e. The van der Waals surface area contributed by atoms with E-state index in [4.69, 9.17) is 0 Å². The maximum atomic E-state index is 12.7. The minimum Gasteiger partial charge on any atom is -0.477 e. The van der Waals surface area contributed by atoms with Gasteiger partial charge >= 0.3 is 17.8 Å². The SMILES string of the molecule is CC1=CC(=O)[N+](CC(=O)O)(c2ccccc2)[N+]1(C)CC(=O)O. The summed E-state index contributed by atoms with van der Waals surface area (Å²) in [4.78, 5) is 35.4. The van der Waals surface area contributed by atoms with E-state index in [9.17, 15) is 24.6 Å². The Morgan fingerprint density at radius 2 is 1.59 bits per heavy atom. The number of amides is 1. The van der Waals surface area contributed by atoms with E-state index >= 15 is 0 Å². The maximum Gasteiger partial charge on any atom is 0.397 e. The largest absolute Gasteiger partial charge is 0.477 e.